The second-order valence-electron chi connectivity index (χ2n) is 3.87. The second kappa shape index (κ2) is 4.40. The zero-order valence-corrected chi connectivity index (χ0v) is 8.52. The van der Waals surface area contributed by atoms with E-state index in [4.69, 9.17) is 5.73 Å². The van der Waals surface area contributed by atoms with Gasteiger partial charge in [-0.3, -0.25) is 9.78 Å². The van der Waals surface area contributed by atoms with Crippen LogP contribution in [0.15, 0.2) is 24.4 Å². The Balaban J connectivity index is 1.69. The fourth-order valence-electron chi connectivity index (χ4n) is 1.51. The van der Waals surface area contributed by atoms with Gasteiger partial charge < -0.3 is 11.1 Å². The Morgan fingerprint density at radius 1 is 1.60 bits per heavy atom. The summed E-state index contributed by atoms with van der Waals surface area (Å²) in [6.07, 6.45) is 3.36. The van der Waals surface area contributed by atoms with Crippen molar-refractivity contribution in [2.24, 2.45) is 11.7 Å². The summed E-state index contributed by atoms with van der Waals surface area (Å²) >= 11 is 0. The maximum absolute atomic E-state index is 11.4. The van der Waals surface area contributed by atoms with Crippen molar-refractivity contribution in [1.82, 2.24) is 10.3 Å². The van der Waals surface area contributed by atoms with Crippen LogP contribution >= 0.6 is 0 Å². The van der Waals surface area contributed by atoms with E-state index in [0.717, 1.165) is 18.5 Å². The topological polar surface area (TPSA) is 68.0 Å². The van der Waals surface area contributed by atoms with Gasteiger partial charge in [-0.1, -0.05) is 6.07 Å². The molecule has 1 amide bonds. The molecule has 0 spiro atoms. The van der Waals surface area contributed by atoms with Crippen molar-refractivity contribution in [3.8, 4) is 0 Å². The summed E-state index contributed by atoms with van der Waals surface area (Å²) in [6, 6.07) is 5.86. The van der Waals surface area contributed by atoms with Crippen LogP contribution in [0.25, 0.3) is 0 Å². The molecule has 2 unspecified atom stereocenters. The number of aromatic nitrogens is 1. The molecule has 1 aliphatic rings. The van der Waals surface area contributed by atoms with Crippen molar-refractivity contribution in [1.29, 1.82) is 0 Å². The number of hydrogen-bond acceptors (Lipinski definition) is 3. The molecular formula is C11H15N3O. The normalized spacial score (nSPS) is 23.5. The van der Waals surface area contributed by atoms with Crippen molar-refractivity contribution < 1.29 is 4.79 Å². The molecule has 80 valence electrons. The van der Waals surface area contributed by atoms with Crippen LogP contribution in [-0.4, -0.2) is 23.5 Å². The molecule has 1 aliphatic carbocycles. The standard InChI is InChI=1S/C11H15N3O/c12-10-7-9(10)11(15)14-6-4-8-3-1-2-5-13-8/h1-3,5,9-10H,4,6-7,12H2,(H,14,15). The molecule has 2 atom stereocenters. The highest BCUT2D eigenvalue weighted by molar-refractivity contribution is 5.82. The highest BCUT2D eigenvalue weighted by Gasteiger charge is 2.39. The average molecular weight is 205 g/mol. The molecule has 0 aliphatic heterocycles. The van der Waals surface area contributed by atoms with Crippen LogP contribution in [0.2, 0.25) is 0 Å². The molecule has 1 heterocycles. The molecular weight excluding hydrogens is 190 g/mol. The minimum atomic E-state index is 0.0498. The number of carbonyl (C=O) groups is 1. The first kappa shape index (κ1) is 10.1. The predicted octanol–water partition coefficient (Wildman–Crippen LogP) is 0.0875. The van der Waals surface area contributed by atoms with Crippen LogP contribution in [0.4, 0.5) is 0 Å². The Morgan fingerprint density at radius 2 is 2.40 bits per heavy atom. The summed E-state index contributed by atoms with van der Waals surface area (Å²) in [5, 5.41) is 2.86. The van der Waals surface area contributed by atoms with E-state index in [-0.39, 0.29) is 17.9 Å². The third-order valence-corrected chi connectivity index (χ3v) is 2.58. The van der Waals surface area contributed by atoms with Crippen LogP contribution in [0.3, 0.4) is 0 Å². The Labute approximate surface area is 88.9 Å². The van der Waals surface area contributed by atoms with E-state index in [1.54, 1.807) is 6.20 Å². The Morgan fingerprint density at radius 3 is 3.00 bits per heavy atom. The fourth-order valence-corrected chi connectivity index (χ4v) is 1.51. The van der Waals surface area contributed by atoms with Crippen LogP contribution < -0.4 is 11.1 Å². The van der Waals surface area contributed by atoms with Crippen LogP contribution in [-0.2, 0) is 11.2 Å². The molecule has 15 heavy (non-hydrogen) atoms. The number of carbonyl (C=O) groups excluding carboxylic acids is 1. The minimum absolute atomic E-state index is 0.0498. The van der Waals surface area contributed by atoms with E-state index in [2.05, 4.69) is 10.3 Å². The van der Waals surface area contributed by atoms with E-state index < -0.39 is 0 Å². The molecule has 1 saturated carbocycles. The lowest BCUT2D eigenvalue weighted by Gasteiger charge is -2.03. The zero-order chi connectivity index (χ0) is 10.7. The van der Waals surface area contributed by atoms with Crippen molar-refractivity contribution >= 4 is 5.91 Å². The maximum atomic E-state index is 11.4. The molecule has 0 radical (unpaired) electrons. The number of hydrogen-bond donors (Lipinski definition) is 2. The molecule has 2 rings (SSSR count). The third-order valence-electron chi connectivity index (χ3n) is 2.58. The zero-order valence-electron chi connectivity index (χ0n) is 8.52. The molecule has 0 aromatic carbocycles. The van der Waals surface area contributed by atoms with Crippen LogP contribution in [0.1, 0.15) is 12.1 Å². The lowest BCUT2D eigenvalue weighted by molar-refractivity contribution is -0.122. The maximum Gasteiger partial charge on any atom is 0.224 e. The lowest BCUT2D eigenvalue weighted by atomic mass is 10.2. The van der Waals surface area contributed by atoms with E-state index in [1.807, 2.05) is 18.2 Å². The number of nitrogens with zero attached hydrogens (tertiary/aromatic N) is 1. The van der Waals surface area contributed by atoms with Gasteiger partial charge in [0.25, 0.3) is 0 Å². The van der Waals surface area contributed by atoms with Gasteiger partial charge >= 0.3 is 0 Å². The molecule has 4 heteroatoms. The third kappa shape index (κ3) is 2.76. The van der Waals surface area contributed by atoms with E-state index in [0.29, 0.717) is 6.54 Å². The van der Waals surface area contributed by atoms with Gasteiger partial charge in [0.15, 0.2) is 0 Å². The molecule has 0 saturated heterocycles. The number of pyridine rings is 1. The molecule has 4 nitrogen and oxygen atoms in total. The lowest BCUT2D eigenvalue weighted by Crippen LogP contribution is -2.29. The van der Waals surface area contributed by atoms with Gasteiger partial charge in [-0.25, -0.2) is 0 Å². The summed E-state index contributed by atoms with van der Waals surface area (Å²) < 4.78 is 0. The van der Waals surface area contributed by atoms with Crippen LogP contribution in [0.5, 0.6) is 0 Å². The van der Waals surface area contributed by atoms with E-state index in [1.165, 1.54) is 0 Å². The summed E-state index contributed by atoms with van der Waals surface area (Å²) in [5.74, 6) is 0.132. The summed E-state index contributed by atoms with van der Waals surface area (Å²) in [6.45, 7) is 0.638. The monoisotopic (exact) mass is 205 g/mol. The van der Waals surface area contributed by atoms with Gasteiger partial charge in [0, 0.05) is 30.9 Å². The quantitative estimate of drug-likeness (QED) is 0.732. The smallest absolute Gasteiger partial charge is 0.224 e. The molecule has 1 aromatic rings. The number of amides is 1. The molecule has 1 fully saturated rings. The number of nitrogens with two attached hydrogens (primary N) is 1. The van der Waals surface area contributed by atoms with Gasteiger partial charge in [0.05, 0.1) is 5.92 Å². The number of nitrogens with one attached hydrogen (secondary N) is 1. The summed E-state index contributed by atoms with van der Waals surface area (Å²) in [7, 11) is 0. The van der Waals surface area contributed by atoms with Gasteiger partial charge in [0.1, 0.15) is 0 Å². The van der Waals surface area contributed by atoms with Gasteiger partial charge in [0.2, 0.25) is 5.91 Å². The first-order valence-electron chi connectivity index (χ1n) is 5.20. The van der Waals surface area contributed by atoms with Gasteiger partial charge in [-0.05, 0) is 18.6 Å². The van der Waals surface area contributed by atoms with E-state index in [9.17, 15) is 4.79 Å². The summed E-state index contributed by atoms with van der Waals surface area (Å²) in [5.41, 5.74) is 6.58. The number of rotatable bonds is 4. The first-order valence-corrected chi connectivity index (χ1v) is 5.20. The largest absolute Gasteiger partial charge is 0.355 e. The fraction of sp³-hybridized carbons (Fsp3) is 0.455. The van der Waals surface area contributed by atoms with E-state index >= 15 is 0 Å². The van der Waals surface area contributed by atoms with Crippen LogP contribution in [0, 0.1) is 5.92 Å². The van der Waals surface area contributed by atoms with Crippen molar-refractivity contribution in [2.45, 2.75) is 18.9 Å². The predicted molar refractivity (Wildman–Crippen MR) is 57.0 cm³/mol. The highest BCUT2D eigenvalue weighted by Crippen LogP contribution is 2.27. The summed E-state index contributed by atoms with van der Waals surface area (Å²) in [4.78, 5) is 15.6. The Hall–Kier alpha value is -1.42. The molecule has 1 aromatic heterocycles. The van der Waals surface area contributed by atoms with Crippen molar-refractivity contribution in [3.63, 3.8) is 0 Å². The Bertz CT molecular complexity index is 339. The van der Waals surface area contributed by atoms with Crippen molar-refractivity contribution in [3.05, 3.63) is 30.1 Å². The molecule has 3 N–H and O–H groups in total. The second-order valence-corrected chi connectivity index (χ2v) is 3.87. The minimum Gasteiger partial charge on any atom is -0.355 e. The Kier molecular flexibility index (Phi) is 2.97. The van der Waals surface area contributed by atoms with Crippen molar-refractivity contribution in [2.75, 3.05) is 6.54 Å². The van der Waals surface area contributed by atoms with Gasteiger partial charge in [-0.2, -0.15) is 0 Å². The molecule has 0 bridgehead atoms. The SMILES string of the molecule is NC1CC1C(=O)NCCc1ccccn1. The highest BCUT2D eigenvalue weighted by atomic mass is 16.2. The average Bonchev–Trinajstić information content (AvgIpc) is 2.97. The first-order chi connectivity index (χ1) is 7.27. The van der Waals surface area contributed by atoms with Gasteiger partial charge in [-0.15, -0.1) is 0 Å².